The van der Waals surface area contributed by atoms with Crippen LogP contribution in [-0.2, 0) is 20.8 Å². The molecule has 6 nitrogen and oxygen atoms in total. The molecule has 0 unspecified atom stereocenters. The van der Waals surface area contributed by atoms with E-state index in [0.717, 1.165) is 31.4 Å². The molecule has 0 radical (unpaired) electrons. The Morgan fingerprint density at radius 2 is 1.96 bits per heavy atom. The van der Waals surface area contributed by atoms with E-state index in [2.05, 4.69) is 6.08 Å². The van der Waals surface area contributed by atoms with E-state index in [0.29, 0.717) is 12.3 Å². The van der Waals surface area contributed by atoms with Crippen LogP contribution in [0.15, 0.2) is 27.1 Å². The number of aromatic nitrogens is 1. The van der Waals surface area contributed by atoms with Crippen LogP contribution in [0.2, 0.25) is 0 Å². The molecule has 2 aliphatic carbocycles. The van der Waals surface area contributed by atoms with Crippen molar-refractivity contribution in [3.63, 3.8) is 0 Å². The molecule has 1 aliphatic heterocycles. The summed E-state index contributed by atoms with van der Waals surface area (Å²) in [5, 5.41) is 0. The van der Waals surface area contributed by atoms with Gasteiger partial charge in [-0.3, -0.25) is 9.36 Å². The van der Waals surface area contributed by atoms with Crippen molar-refractivity contribution in [1.29, 1.82) is 0 Å². The van der Waals surface area contributed by atoms with E-state index in [1.54, 1.807) is 4.57 Å². The van der Waals surface area contributed by atoms with E-state index in [9.17, 15) is 9.59 Å². The van der Waals surface area contributed by atoms with Gasteiger partial charge in [-0.2, -0.15) is 0 Å². The number of oxazole rings is 1. The summed E-state index contributed by atoms with van der Waals surface area (Å²) in [4.78, 5) is 25.4. The Hall–Kier alpha value is -2.24. The van der Waals surface area contributed by atoms with Crippen LogP contribution in [0.4, 0.5) is 0 Å². The lowest BCUT2D eigenvalue weighted by molar-refractivity contribution is -0.123. The zero-order chi connectivity index (χ0) is 16.8. The third kappa shape index (κ3) is 2.01. The topological polar surface area (TPSA) is 70.7 Å². The van der Waals surface area contributed by atoms with Gasteiger partial charge in [0, 0.05) is 18.4 Å². The van der Waals surface area contributed by atoms with Crippen molar-refractivity contribution in [2.75, 3.05) is 14.2 Å². The van der Waals surface area contributed by atoms with Crippen LogP contribution in [0.25, 0.3) is 5.76 Å². The van der Waals surface area contributed by atoms with E-state index < -0.39 is 0 Å². The molecule has 0 saturated carbocycles. The van der Waals surface area contributed by atoms with Crippen LogP contribution < -0.4 is 5.76 Å². The van der Waals surface area contributed by atoms with E-state index in [1.165, 1.54) is 14.2 Å². The first-order valence-electron chi connectivity index (χ1n) is 8.44. The van der Waals surface area contributed by atoms with Crippen LogP contribution in [0.1, 0.15) is 43.1 Å². The molecule has 1 aromatic heterocycles. The minimum atomic E-state index is -0.382. The number of ether oxygens (including phenoxy) is 2. The van der Waals surface area contributed by atoms with Crippen LogP contribution >= 0.6 is 0 Å². The maximum Gasteiger partial charge on any atom is 0.419 e. The van der Waals surface area contributed by atoms with Crippen LogP contribution in [0, 0.1) is 11.8 Å². The van der Waals surface area contributed by atoms with Gasteiger partial charge in [-0.15, -0.1) is 0 Å². The second-order valence-corrected chi connectivity index (χ2v) is 6.61. The Morgan fingerprint density at radius 3 is 2.71 bits per heavy atom. The van der Waals surface area contributed by atoms with Crippen LogP contribution in [0.5, 0.6) is 0 Å². The molecule has 0 saturated heterocycles. The minimum Gasteiger partial charge on any atom is -0.490 e. The average molecular weight is 331 g/mol. The predicted molar refractivity (Wildman–Crippen MR) is 86.2 cm³/mol. The van der Waals surface area contributed by atoms with Crippen molar-refractivity contribution in [3.8, 4) is 0 Å². The van der Waals surface area contributed by atoms with Gasteiger partial charge in [-0.1, -0.05) is 12.2 Å². The lowest BCUT2D eigenvalue weighted by atomic mass is 9.68. The maximum atomic E-state index is 13.1. The molecular weight excluding hydrogens is 310 g/mol. The summed E-state index contributed by atoms with van der Waals surface area (Å²) < 4.78 is 18.1. The Balaban J connectivity index is 2.03. The number of fused-ring (bicyclic) bond motifs is 2. The second kappa shape index (κ2) is 5.69. The van der Waals surface area contributed by atoms with Gasteiger partial charge in [0.1, 0.15) is 0 Å². The van der Waals surface area contributed by atoms with Crippen molar-refractivity contribution >= 4 is 11.5 Å². The van der Waals surface area contributed by atoms with Gasteiger partial charge in [0.25, 0.3) is 0 Å². The Kier molecular flexibility index (Phi) is 3.62. The van der Waals surface area contributed by atoms with E-state index in [4.69, 9.17) is 13.9 Å². The molecule has 0 fully saturated rings. The Labute approximate surface area is 139 Å². The molecule has 6 heteroatoms. The fourth-order valence-electron chi connectivity index (χ4n) is 4.51. The second-order valence-electron chi connectivity index (χ2n) is 6.61. The molecule has 1 aromatic rings. The Morgan fingerprint density at radius 1 is 1.17 bits per heavy atom. The molecule has 3 atom stereocenters. The highest BCUT2D eigenvalue weighted by molar-refractivity contribution is 6.02. The monoisotopic (exact) mass is 331 g/mol. The summed E-state index contributed by atoms with van der Waals surface area (Å²) in [6.07, 6.45) is 7.80. The van der Waals surface area contributed by atoms with Gasteiger partial charge >= 0.3 is 5.76 Å². The number of allylic oxidation sites excluding steroid dienone is 3. The predicted octanol–water partition coefficient (Wildman–Crippen LogP) is 2.45. The SMILES string of the molecule is CO/C1=C(\OC)c2oc(=O)n3c2[C@H](CCC3)[C@@H]2CCC=C[C@H]2C1=O. The minimum absolute atomic E-state index is 0.0954. The van der Waals surface area contributed by atoms with Gasteiger partial charge < -0.3 is 13.9 Å². The number of rotatable bonds is 2. The van der Waals surface area contributed by atoms with Crippen LogP contribution in [0.3, 0.4) is 0 Å². The molecule has 128 valence electrons. The van der Waals surface area contributed by atoms with E-state index in [-0.39, 0.29) is 40.8 Å². The van der Waals surface area contributed by atoms with Gasteiger partial charge in [0.2, 0.25) is 17.3 Å². The van der Waals surface area contributed by atoms with Crippen LogP contribution in [-0.4, -0.2) is 24.6 Å². The zero-order valence-corrected chi connectivity index (χ0v) is 13.9. The number of carbonyl (C=O) groups excluding carboxylic acids is 1. The van der Waals surface area contributed by atoms with Gasteiger partial charge in [0.15, 0.2) is 5.76 Å². The lowest BCUT2D eigenvalue weighted by Crippen LogP contribution is -2.36. The van der Waals surface area contributed by atoms with Gasteiger partial charge in [-0.05, 0) is 31.6 Å². The third-order valence-corrected chi connectivity index (χ3v) is 5.52. The smallest absolute Gasteiger partial charge is 0.419 e. The summed E-state index contributed by atoms with van der Waals surface area (Å²) in [6.45, 7) is 0.647. The first-order chi connectivity index (χ1) is 11.7. The van der Waals surface area contributed by atoms with Gasteiger partial charge in [0.05, 0.1) is 19.9 Å². The average Bonchev–Trinajstić information content (AvgIpc) is 2.95. The number of methoxy groups -OCH3 is 2. The Bertz CT molecular complexity index is 797. The summed E-state index contributed by atoms with van der Waals surface area (Å²) >= 11 is 0. The summed E-state index contributed by atoms with van der Waals surface area (Å²) in [5.74, 6) is 0.307. The van der Waals surface area contributed by atoms with Crippen molar-refractivity contribution in [2.24, 2.45) is 11.8 Å². The summed E-state index contributed by atoms with van der Waals surface area (Å²) in [5.41, 5.74) is 0.871. The molecule has 0 bridgehead atoms. The normalized spacial score (nSPS) is 31.8. The highest BCUT2D eigenvalue weighted by Gasteiger charge is 2.45. The lowest BCUT2D eigenvalue weighted by Gasteiger charge is -2.37. The fourth-order valence-corrected chi connectivity index (χ4v) is 4.51. The quantitative estimate of drug-likeness (QED) is 0.779. The number of nitrogens with zero attached hydrogens (tertiary/aromatic N) is 1. The van der Waals surface area contributed by atoms with Crippen molar-refractivity contribution < 1.29 is 18.7 Å². The zero-order valence-electron chi connectivity index (χ0n) is 13.9. The number of ketones is 1. The fraction of sp³-hybridized carbons (Fsp3) is 0.556. The standard InChI is InChI=1S/C18H21NO5/c1-22-16-14(20)12-7-4-3-6-10(12)11-8-5-9-19-13(11)15(17(16)23-2)24-18(19)21/h4,7,10-12H,3,5-6,8-9H2,1-2H3/b17-16-/t10-,11+,12+/m0/s1. The first kappa shape index (κ1) is 15.3. The molecule has 2 heterocycles. The number of hydrogen-bond acceptors (Lipinski definition) is 5. The molecule has 0 N–H and O–H groups in total. The molecule has 0 amide bonds. The van der Waals surface area contributed by atoms with Gasteiger partial charge in [-0.25, -0.2) is 4.79 Å². The number of Topliss-reactive ketones (excluding diaryl/α,β-unsaturated/α-hetero) is 1. The third-order valence-electron chi connectivity index (χ3n) is 5.52. The molecule has 3 aliphatic rings. The number of hydrogen-bond donors (Lipinski definition) is 0. The number of carbonyl (C=O) groups is 1. The maximum absolute atomic E-state index is 13.1. The van der Waals surface area contributed by atoms with Crippen molar-refractivity contribution in [1.82, 2.24) is 4.57 Å². The van der Waals surface area contributed by atoms with E-state index >= 15 is 0 Å². The summed E-state index contributed by atoms with van der Waals surface area (Å²) in [7, 11) is 2.92. The summed E-state index contributed by atoms with van der Waals surface area (Å²) in [6, 6.07) is 0. The van der Waals surface area contributed by atoms with E-state index in [1.807, 2.05) is 6.08 Å². The highest BCUT2D eigenvalue weighted by Crippen LogP contribution is 2.47. The molecule has 4 rings (SSSR count). The van der Waals surface area contributed by atoms with Crippen molar-refractivity contribution in [3.05, 3.63) is 39.9 Å². The molecule has 24 heavy (non-hydrogen) atoms. The molecular formula is C18H21NO5. The molecule has 0 spiro atoms. The molecule has 0 aromatic carbocycles. The largest absolute Gasteiger partial charge is 0.490 e. The highest BCUT2D eigenvalue weighted by atomic mass is 16.5. The van der Waals surface area contributed by atoms with Crippen molar-refractivity contribution in [2.45, 2.75) is 38.1 Å². The first-order valence-corrected chi connectivity index (χ1v) is 8.44.